The van der Waals surface area contributed by atoms with Crippen molar-refractivity contribution in [1.29, 1.82) is 0 Å². The Bertz CT molecular complexity index is 1450. The van der Waals surface area contributed by atoms with Crippen LogP contribution in [0.2, 0.25) is 0 Å². The van der Waals surface area contributed by atoms with Crippen molar-refractivity contribution in [3.8, 4) is 11.3 Å². The second kappa shape index (κ2) is 9.63. The first-order valence-electron chi connectivity index (χ1n) is 11.2. The molecule has 0 atom stereocenters. The summed E-state index contributed by atoms with van der Waals surface area (Å²) in [7, 11) is 0. The van der Waals surface area contributed by atoms with Crippen molar-refractivity contribution in [3.63, 3.8) is 0 Å². The van der Waals surface area contributed by atoms with Gasteiger partial charge in [0.25, 0.3) is 5.56 Å². The van der Waals surface area contributed by atoms with Crippen LogP contribution in [0.15, 0.2) is 71.5 Å². The normalized spacial score (nSPS) is 13.7. The number of carbonyl (C=O) groups is 1. The van der Waals surface area contributed by atoms with E-state index < -0.39 is 23.1 Å². The summed E-state index contributed by atoms with van der Waals surface area (Å²) in [6.45, 7) is 2.63. The monoisotopic (exact) mass is 476 g/mol. The average molecular weight is 476 g/mol. The van der Waals surface area contributed by atoms with Gasteiger partial charge in [-0.25, -0.2) is 13.5 Å². The Balaban J connectivity index is 1.40. The molecule has 1 aromatic heterocycles. The predicted molar refractivity (Wildman–Crippen MR) is 129 cm³/mol. The molecule has 5 rings (SSSR count). The van der Waals surface area contributed by atoms with Crippen molar-refractivity contribution in [2.75, 3.05) is 36.5 Å². The zero-order valence-electron chi connectivity index (χ0n) is 18.7. The lowest BCUT2D eigenvalue weighted by Crippen LogP contribution is -2.36. The number of amides is 1. The highest BCUT2D eigenvalue weighted by Crippen LogP contribution is 2.26. The molecule has 1 saturated heterocycles. The van der Waals surface area contributed by atoms with Crippen LogP contribution < -0.4 is 15.8 Å². The molecule has 0 saturated carbocycles. The zero-order chi connectivity index (χ0) is 24.4. The predicted octanol–water partition coefficient (Wildman–Crippen LogP) is 3.82. The molecule has 0 radical (unpaired) electrons. The summed E-state index contributed by atoms with van der Waals surface area (Å²) in [5, 5.41) is 7.92. The summed E-state index contributed by atoms with van der Waals surface area (Å²) in [6.07, 6.45) is 0. The highest BCUT2D eigenvalue weighted by atomic mass is 19.2. The van der Waals surface area contributed by atoms with Gasteiger partial charge in [0.2, 0.25) is 5.91 Å². The van der Waals surface area contributed by atoms with Crippen molar-refractivity contribution in [2.45, 2.75) is 6.54 Å². The number of fused-ring (bicyclic) bond motifs is 1. The van der Waals surface area contributed by atoms with Gasteiger partial charge in [-0.1, -0.05) is 18.2 Å². The molecule has 1 fully saturated rings. The Labute approximate surface area is 199 Å². The van der Waals surface area contributed by atoms with Gasteiger partial charge in [-0.15, -0.1) is 0 Å². The van der Waals surface area contributed by atoms with Crippen LogP contribution in [-0.2, 0) is 16.1 Å². The van der Waals surface area contributed by atoms with Gasteiger partial charge in [-0.2, -0.15) is 5.10 Å². The molecule has 3 aromatic carbocycles. The van der Waals surface area contributed by atoms with Crippen LogP contribution in [0, 0.1) is 11.6 Å². The summed E-state index contributed by atoms with van der Waals surface area (Å²) in [5.74, 6) is -2.44. The SMILES string of the molecule is O=C(Cn1nc(-c2ccc(F)c(F)c2)c2ccccc2c1=O)Nc1ccc(N2CCOCC2)cc1. The lowest BCUT2D eigenvalue weighted by atomic mass is 10.0. The standard InChI is InChI=1S/C26H22F2N4O3/c27-22-10-5-17(15-23(22)28)25-20-3-1-2-4-21(20)26(34)32(30-25)16-24(33)29-18-6-8-19(9-7-18)31-11-13-35-14-12-31/h1-10,15H,11-14,16H2,(H,29,33). The number of nitrogens with one attached hydrogen (secondary N) is 1. The van der Waals surface area contributed by atoms with Crippen LogP contribution in [0.1, 0.15) is 0 Å². The minimum absolute atomic E-state index is 0.279. The van der Waals surface area contributed by atoms with E-state index in [4.69, 9.17) is 4.74 Å². The number of hydrogen-bond acceptors (Lipinski definition) is 5. The fourth-order valence-corrected chi connectivity index (χ4v) is 4.11. The molecule has 0 aliphatic carbocycles. The number of hydrogen-bond donors (Lipinski definition) is 1. The summed E-state index contributed by atoms with van der Waals surface area (Å²) in [4.78, 5) is 28.0. The smallest absolute Gasteiger partial charge is 0.275 e. The summed E-state index contributed by atoms with van der Waals surface area (Å²) >= 11 is 0. The maximum atomic E-state index is 13.9. The second-order valence-corrected chi connectivity index (χ2v) is 8.18. The number of rotatable bonds is 5. The minimum atomic E-state index is -1.02. The van der Waals surface area contributed by atoms with E-state index in [0.717, 1.165) is 35.6 Å². The van der Waals surface area contributed by atoms with Gasteiger partial charge in [-0.05, 0) is 48.5 Å². The second-order valence-electron chi connectivity index (χ2n) is 8.18. The molecule has 7 nitrogen and oxygen atoms in total. The third-order valence-electron chi connectivity index (χ3n) is 5.88. The molecular weight excluding hydrogens is 454 g/mol. The molecule has 178 valence electrons. The lowest BCUT2D eigenvalue weighted by molar-refractivity contribution is -0.117. The molecular formula is C26H22F2N4O3. The van der Waals surface area contributed by atoms with Gasteiger partial charge in [-0.3, -0.25) is 9.59 Å². The topological polar surface area (TPSA) is 76.5 Å². The van der Waals surface area contributed by atoms with Crippen molar-refractivity contribution in [1.82, 2.24) is 9.78 Å². The molecule has 0 bridgehead atoms. The first-order valence-corrected chi connectivity index (χ1v) is 11.2. The molecule has 4 aromatic rings. The van der Waals surface area contributed by atoms with Crippen molar-refractivity contribution in [3.05, 3.63) is 88.7 Å². The van der Waals surface area contributed by atoms with Gasteiger partial charge in [0.15, 0.2) is 11.6 Å². The highest BCUT2D eigenvalue weighted by molar-refractivity contribution is 5.94. The number of anilines is 2. The number of morpholine rings is 1. The average Bonchev–Trinajstić information content (AvgIpc) is 2.88. The molecule has 0 unspecified atom stereocenters. The largest absolute Gasteiger partial charge is 0.378 e. The molecule has 35 heavy (non-hydrogen) atoms. The first kappa shape index (κ1) is 22.7. The molecule has 1 N–H and O–H groups in total. The van der Waals surface area contributed by atoms with E-state index >= 15 is 0 Å². The lowest BCUT2D eigenvalue weighted by Gasteiger charge is -2.28. The minimum Gasteiger partial charge on any atom is -0.378 e. The Morgan fingerprint density at radius 2 is 1.66 bits per heavy atom. The van der Waals surface area contributed by atoms with Gasteiger partial charge < -0.3 is 15.0 Å². The van der Waals surface area contributed by atoms with E-state index in [2.05, 4.69) is 15.3 Å². The van der Waals surface area contributed by atoms with E-state index in [0.29, 0.717) is 35.2 Å². The number of carbonyl (C=O) groups excluding carboxylic acids is 1. The van der Waals surface area contributed by atoms with Gasteiger partial charge >= 0.3 is 0 Å². The molecule has 1 amide bonds. The highest BCUT2D eigenvalue weighted by Gasteiger charge is 2.16. The first-order chi connectivity index (χ1) is 17.0. The number of ether oxygens (including phenoxy) is 1. The third-order valence-corrected chi connectivity index (χ3v) is 5.88. The van der Waals surface area contributed by atoms with Gasteiger partial charge in [0.1, 0.15) is 6.54 Å². The molecule has 1 aliphatic heterocycles. The van der Waals surface area contributed by atoms with E-state index in [1.165, 1.54) is 6.07 Å². The van der Waals surface area contributed by atoms with E-state index in [1.807, 2.05) is 12.1 Å². The van der Waals surface area contributed by atoms with Crippen LogP contribution in [0.4, 0.5) is 20.2 Å². The summed E-state index contributed by atoms with van der Waals surface area (Å²) < 4.78 is 33.8. The number of aromatic nitrogens is 2. The van der Waals surface area contributed by atoms with E-state index in [1.54, 1.807) is 36.4 Å². The maximum absolute atomic E-state index is 13.9. The van der Waals surface area contributed by atoms with Crippen LogP contribution in [0.25, 0.3) is 22.0 Å². The van der Waals surface area contributed by atoms with Crippen molar-refractivity contribution >= 4 is 28.1 Å². The maximum Gasteiger partial charge on any atom is 0.275 e. The summed E-state index contributed by atoms with van der Waals surface area (Å²) in [5.41, 5.74) is 1.75. The zero-order valence-corrected chi connectivity index (χ0v) is 18.7. The number of benzene rings is 3. The Morgan fingerprint density at radius 1 is 0.943 bits per heavy atom. The third kappa shape index (κ3) is 4.76. The van der Waals surface area contributed by atoms with Crippen molar-refractivity contribution in [2.24, 2.45) is 0 Å². The molecule has 0 spiro atoms. The van der Waals surface area contributed by atoms with E-state index in [9.17, 15) is 18.4 Å². The Hall–Kier alpha value is -4.11. The fourth-order valence-electron chi connectivity index (χ4n) is 4.11. The van der Waals surface area contributed by atoms with Gasteiger partial charge in [0.05, 0.1) is 24.3 Å². The Morgan fingerprint density at radius 3 is 2.37 bits per heavy atom. The number of nitrogens with zero attached hydrogens (tertiary/aromatic N) is 3. The van der Waals surface area contributed by atoms with Crippen LogP contribution in [-0.4, -0.2) is 42.0 Å². The molecule has 9 heteroatoms. The van der Waals surface area contributed by atoms with Gasteiger partial charge in [0, 0.05) is 35.4 Å². The van der Waals surface area contributed by atoms with Crippen LogP contribution in [0.3, 0.4) is 0 Å². The van der Waals surface area contributed by atoms with E-state index in [-0.39, 0.29) is 12.2 Å². The van der Waals surface area contributed by atoms with Crippen LogP contribution >= 0.6 is 0 Å². The Kier molecular flexibility index (Phi) is 6.24. The number of halogens is 2. The quantitative estimate of drug-likeness (QED) is 0.474. The van der Waals surface area contributed by atoms with Crippen LogP contribution in [0.5, 0.6) is 0 Å². The molecule has 2 heterocycles. The van der Waals surface area contributed by atoms with Crippen molar-refractivity contribution < 1.29 is 18.3 Å². The fraction of sp³-hybridized carbons (Fsp3) is 0.192. The summed E-state index contributed by atoms with van der Waals surface area (Å²) in [6, 6.07) is 17.6. The molecule has 1 aliphatic rings.